The number of nitrogens with two attached hydrogens (primary N) is 1. The molecule has 14 heavy (non-hydrogen) atoms. The molecule has 2 nitrogen and oxygen atoms in total. The van der Waals surface area contributed by atoms with E-state index in [0.29, 0.717) is 12.3 Å². The number of hydrogen-bond acceptors (Lipinski definition) is 1. The molecule has 0 spiro atoms. The average molecular weight is 199 g/mol. The molecule has 1 atom stereocenters. The number of hydrogen-bond donors (Lipinski definition) is 1. The van der Waals surface area contributed by atoms with E-state index < -0.39 is 0 Å². The molecular weight excluding hydrogens is 174 g/mol. The van der Waals surface area contributed by atoms with Gasteiger partial charge in [-0.2, -0.15) is 0 Å². The van der Waals surface area contributed by atoms with Gasteiger partial charge in [-0.1, -0.05) is 52.4 Å². The van der Waals surface area contributed by atoms with Crippen LogP contribution in [0.3, 0.4) is 0 Å². The molecule has 0 aliphatic carbocycles. The lowest BCUT2D eigenvalue weighted by Gasteiger charge is -2.13. The van der Waals surface area contributed by atoms with Crippen LogP contribution in [0, 0.1) is 5.92 Å². The van der Waals surface area contributed by atoms with Crippen LogP contribution >= 0.6 is 0 Å². The van der Waals surface area contributed by atoms with E-state index in [4.69, 9.17) is 5.73 Å². The normalized spacial score (nSPS) is 12.7. The predicted molar refractivity (Wildman–Crippen MR) is 61.0 cm³/mol. The quantitative estimate of drug-likeness (QED) is 0.569. The van der Waals surface area contributed by atoms with Gasteiger partial charge in [0.25, 0.3) is 0 Å². The second-order valence-corrected chi connectivity index (χ2v) is 4.13. The van der Waals surface area contributed by atoms with Crippen molar-refractivity contribution in [3.8, 4) is 0 Å². The van der Waals surface area contributed by atoms with E-state index in [1.54, 1.807) is 0 Å². The fourth-order valence-electron chi connectivity index (χ4n) is 1.76. The monoisotopic (exact) mass is 199 g/mol. The standard InChI is InChI=1S/C12H25NO/c1-3-5-6-7-8-11(4-2)9-10-12(13)14/h11H,3-10H2,1-2H3,(H2,13,14). The third kappa shape index (κ3) is 8.09. The molecule has 0 aromatic rings. The van der Waals surface area contributed by atoms with E-state index in [1.165, 1.54) is 38.5 Å². The highest BCUT2D eigenvalue weighted by molar-refractivity contribution is 5.73. The molecule has 0 aromatic carbocycles. The van der Waals surface area contributed by atoms with Gasteiger partial charge in [0.15, 0.2) is 0 Å². The van der Waals surface area contributed by atoms with Gasteiger partial charge in [0.05, 0.1) is 0 Å². The van der Waals surface area contributed by atoms with Gasteiger partial charge in [0.2, 0.25) is 5.91 Å². The van der Waals surface area contributed by atoms with Crippen molar-refractivity contribution < 1.29 is 4.79 Å². The lowest BCUT2D eigenvalue weighted by Crippen LogP contribution is -2.12. The first-order valence-corrected chi connectivity index (χ1v) is 5.99. The number of unbranched alkanes of at least 4 members (excludes halogenated alkanes) is 3. The summed E-state index contributed by atoms with van der Waals surface area (Å²) in [5, 5.41) is 0. The van der Waals surface area contributed by atoms with E-state index in [9.17, 15) is 4.79 Å². The van der Waals surface area contributed by atoms with Crippen molar-refractivity contribution in [3.05, 3.63) is 0 Å². The predicted octanol–water partition coefficient (Wildman–Crippen LogP) is 3.25. The molecule has 0 aliphatic heterocycles. The molecule has 0 rings (SSSR count). The van der Waals surface area contributed by atoms with Crippen molar-refractivity contribution in [1.82, 2.24) is 0 Å². The summed E-state index contributed by atoms with van der Waals surface area (Å²) in [4.78, 5) is 10.6. The Morgan fingerprint density at radius 3 is 2.36 bits per heavy atom. The fraction of sp³-hybridized carbons (Fsp3) is 0.917. The second kappa shape index (κ2) is 9.04. The largest absolute Gasteiger partial charge is 0.370 e. The Hall–Kier alpha value is -0.530. The molecule has 0 radical (unpaired) electrons. The van der Waals surface area contributed by atoms with E-state index in [0.717, 1.165) is 6.42 Å². The zero-order chi connectivity index (χ0) is 10.8. The van der Waals surface area contributed by atoms with Crippen molar-refractivity contribution in [2.45, 2.75) is 65.2 Å². The van der Waals surface area contributed by atoms with Crippen molar-refractivity contribution in [1.29, 1.82) is 0 Å². The zero-order valence-corrected chi connectivity index (χ0v) is 9.72. The Balaban J connectivity index is 3.42. The number of carbonyl (C=O) groups excluding carboxylic acids is 1. The highest BCUT2D eigenvalue weighted by atomic mass is 16.1. The topological polar surface area (TPSA) is 43.1 Å². The number of carbonyl (C=O) groups is 1. The summed E-state index contributed by atoms with van der Waals surface area (Å²) in [5.74, 6) is 0.552. The van der Waals surface area contributed by atoms with Gasteiger partial charge in [0, 0.05) is 6.42 Å². The SMILES string of the molecule is CCCCCCC(CC)CCC(N)=O. The Morgan fingerprint density at radius 1 is 1.14 bits per heavy atom. The van der Waals surface area contributed by atoms with Crippen LogP contribution in [0.1, 0.15) is 65.2 Å². The molecule has 0 aromatic heterocycles. The maximum absolute atomic E-state index is 10.6. The Labute approximate surface area is 88.3 Å². The number of primary amides is 1. The minimum Gasteiger partial charge on any atom is -0.370 e. The van der Waals surface area contributed by atoms with Gasteiger partial charge < -0.3 is 5.73 Å². The summed E-state index contributed by atoms with van der Waals surface area (Å²) in [5.41, 5.74) is 5.13. The van der Waals surface area contributed by atoms with Gasteiger partial charge >= 0.3 is 0 Å². The molecule has 0 aliphatic rings. The number of amides is 1. The summed E-state index contributed by atoms with van der Waals surface area (Å²) < 4.78 is 0. The molecule has 84 valence electrons. The van der Waals surface area contributed by atoms with Crippen LogP contribution in [0.15, 0.2) is 0 Å². The summed E-state index contributed by atoms with van der Waals surface area (Å²) in [6.07, 6.45) is 9.27. The van der Waals surface area contributed by atoms with Gasteiger partial charge in [0.1, 0.15) is 0 Å². The molecule has 0 saturated heterocycles. The van der Waals surface area contributed by atoms with Gasteiger partial charge in [-0.05, 0) is 12.3 Å². The van der Waals surface area contributed by atoms with Crippen LogP contribution in [0.2, 0.25) is 0 Å². The van der Waals surface area contributed by atoms with Crippen LogP contribution in [-0.2, 0) is 4.79 Å². The second-order valence-electron chi connectivity index (χ2n) is 4.13. The maximum Gasteiger partial charge on any atom is 0.217 e. The van der Waals surface area contributed by atoms with Crippen LogP contribution in [0.5, 0.6) is 0 Å². The van der Waals surface area contributed by atoms with E-state index in [-0.39, 0.29) is 5.91 Å². The van der Waals surface area contributed by atoms with Crippen molar-refractivity contribution in [3.63, 3.8) is 0 Å². The molecule has 0 bridgehead atoms. The third-order valence-corrected chi connectivity index (χ3v) is 2.84. The van der Waals surface area contributed by atoms with Gasteiger partial charge in [-0.25, -0.2) is 0 Å². The first-order valence-electron chi connectivity index (χ1n) is 5.99. The fourth-order valence-corrected chi connectivity index (χ4v) is 1.76. The Bertz CT molecular complexity index is 145. The van der Waals surface area contributed by atoms with Crippen LogP contribution < -0.4 is 5.73 Å². The molecular formula is C12H25NO. The zero-order valence-electron chi connectivity index (χ0n) is 9.72. The molecule has 0 saturated carbocycles. The summed E-state index contributed by atoms with van der Waals surface area (Å²) in [6, 6.07) is 0. The minimum atomic E-state index is -0.156. The summed E-state index contributed by atoms with van der Waals surface area (Å²) in [6.45, 7) is 4.43. The Kier molecular flexibility index (Phi) is 8.70. The lowest BCUT2D eigenvalue weighted by atomic mass is 9.93. The van der Waals surface area contributed by atoms with Crippen molar-refractivity contribution in [2.75, 3.05) is 0 Å². The lowest BCUT2D eigenvalue weighted by molar-refractivity contribution is -0.118. The first-order chi connectivity index (χ1) is 6.70. The maximum atomic E-state index is 10.6. The molecule has 1 amide bonds. The Morgan fingerprint density at radius 2 is 1.86 bits per heavy atom. The van der Waals surface area contributed by atoms with Crippen LogP contribution in [-0.4, -0.2) is 5.91 Å². The van der Waals surface area contributed by atoms with Crippen LogP contribution in [0.25, 0.3) is 0 Å². The smallest absolute Gasteiger partial charge is 0.217 e. The van der Waals surface area contributed by atoms with Crippen molar-refractivity contribution in [2.24, 2.45) is 11.7 Å². The highest BCUT2D eigenvalue weighted by Gasteiger charge is 2.07. The highest BCUT2D eigenvalue weighted by Crippen LogP contribution is 2.18. The van der Waals surface area contributed by atoms with Crippen LogP contribution in [0.4, 0.5) is 0 Å². The van der Waals surface area contributed by atoms with Gasteiger partial charge in [-0.3, -0.25) is 4.79 Å². The summed E-state index contributed by atoms with van der Waals surface area (Å²) in [7, 11) is 0. The third-order valence-electron chi connectivity index (χ3n) is 2.84. The first kappa shape index (κ1) is 13.5. The van der Waals surface area contributed by atoms with Crippen molar-refractivity contribution >= 4 is 5.91 Å². The molecule has 0 fully saturated rings. The van der Waals surface area contributed by atoms with E-state index in [1.807, 2.05) is 0 Å². The molecule has 2 heteroatoms. The summed E-state index contributed by atoms with van der Waals surface area (Å²) >= 11 is 0. The molecule has 0 heterocycles. The van der Waals surface area contributed by atoms with E-state index in [2.05, 4.69) is 13.8 Å². The molecule has 2 N–H and O–H groups in total. The molecule has 1 unspecified atom stereocenters. The minimum absolute atomic E-state index is 0.156. The van der Waals surface area contributed by atoms with Gasteiger partial charge in [-0.15, -0.1) is 0 Å². The average Bonchev–Trinajstić information content (AvgIpc) is 2.16. The number of rotatable bonds is 9. The van der Waals surface area contributed by atoms with E-state index >= 15 is 0 Å².